The molecule has 0 saturated heterocycles. The average molecular weight is 412 g/mol. The number of rotatable bonds is 8. The molecule has 2 rings (SSSR count). The maximum Gasteiger partial charge on any atom is 0.220 e. The number of nitrogens with two attached hydrogens (primary N) is 1. The molecule has 2 aromatic rings. The average Bonchev–Trinajstić information content (AvgIpc) is 2.60. The molecular weight excluding hydrogens is 381 g/mol. The highest BCUT2D eigenvalue weighted by Gasteiger charge is 2.21. The molecule has 1 unspecified atom stereocenters. The molecule has 0 radical (unpaired) electrons. The van der Waals surface area contributed by atoms with Crippen LogP contribution < -0.4 is 16.4 Å². The number of nitrogens with one attached hydrogen (secondary N) is 2. The molecule has 4 nitrogen and oxygen atoms in total. The molecular formula is C21H31Cl2N3O. The zero-order valence-corrected chi connectivity index (χ0v) is 17.8. The highest BCUT2D eigenvalue weighted by molar-refractivity contribution is 5.85. The van der Waals surface area contributed by atoms with Crippen LogP contribution in [0.25, 0.3) is 0 Å². The summed E-state index contributed by atoms with van der Waals surface area (Å²) < 4.78 is 0. The number of para-hydroxylation sites is 1. The van der Waals surface area contributed by atoms with Crippen LogP contribution in [0.2, 0.25) is 0 Å². The molecule has 6 heteroatoms. The van der Waals surface area contributed by atoms with Crippen molar-refractivity contribution in [3.63, 3.8) is 0 Å². The van der Waals surface area contributed by atoms with Crippen molar-refractivity contribution in [1.82, 2.24) is 10.6 Å². The second-order valence-electron chi connectivity index (χ2n) is 7.14. The van der Waals surface area contributed by atoms with Crippen LogP contribution in [0.15, 0.2) is 54.6 Å². The maximum atomic E-state index is 12.2. The third-order valence-electron chi connectivity index (χ3n) is 4.31. The van der Waals surface area contributed by atoms with Crippen LogP contribution in [0.1, 0.15) is 44.4 Å². The lowest BCUT2D eigenvalue weighted by molar-refractivity contribution is -0.121. The normalized spacial score (nSPS) is 11.7. The zero-order chi connectivity index (χ0) is 18.3. The first-order chi connectivity index (χ1) is 11.9. The lowest BCUT2D eigenvalue weighted by Crippen LogP contribution is -2.49. The Balaban J connectivity index is 0.00000338. The first-order valence-electron chi connectivity index (χ1n) is 8.80. The fraction of sp³-hybridized carbons (Fsp3) is 0.381. The summed E-state index contributed by atoms with van der Waals surface area (Å²) in [5, 5.41) is 6.60. The Kier molecular flexibility index (Phi) is 11.1. The molecule has 0 spiro atoms. The zero-order valence-electron chi connectivity index (χ0n) is 16.2. The molecule has 0 aliphatic rings. The van der Waals surface area contributed by atoms with Gasteiger partial charge in [-0.1, -0.05) is 48.5 Å². The van der Waals surface area contributed by atoms with Crippen LogP contribution in [-0.2, 0) is 11.2 Å². The molecule has 1 atom stereocenters. The molecule has 27 heavy (non-hydrogen) atoms. The van der Waals surface area contributed by atoms with Gasteiger partial charge in [0.2, 0.25) is 5.91 Å². The molecule has 4 N–H and O–H groups in total. The van der Waals surface area contributed by atoms with Gasteiger partial charge < -0.3 is 16.4 Å². The van der Waals surface area contributed by atoms with Crippen LogP contribution >= 0.6 is 24.8 Å². The summed E-state index contributed by atoms with van der Waals surface area (Å²) in [4.78, 5) is 12.2. The Morgan fingerprint density at radius 2 is 1.63 bits per heavy atom. The van der Waals surface area contributed by atoms with Gasteiger partial charge in [-0.3, -0.25) is 4.79 Å². The quantitative estimate of drug-likeness (QED) is 0.567. The molecule has 0 aromatic heterocycles. The van der Waals surface area contributed by atoms with Gasteiger partial charge in [-0.15, -0.1) is 24.8 Å². The minimum atomic E-state index is -0.198. The van der Waals surface area contributed by atoms with Gasteiger partial charge in [0.25, 0.3) is 0 Å². The summed E-state index contributed by atoms with van der Waals surface area (Å²) in [6, 6.07) is 18.2. The number of aryl methyl sites for hydroxylation is 1. The predicted molar refractivity (Wildman–Crippen MR) is 119 cm³/mol. The molecule has 0 saturated carbocycles. The molecule has 0 heterocycles. The number of anilines is 1. The summed E-state index contributed by atoms with van der Waals surface area (Å²) in [5.74, 6) is 0.0468. The van der Waals surface area contributed by atoms with Crippen molar-refractivity contribution in [2.45, 2.75) is 45.2 Å². The van der Waals surface area contributed by atoms with E-state index >= 15 is 0 Å². The van der Waals surface area contributed by atoms with Crippen molar-refractivity contribution >= 4 is 36.4 Å². The number of nitrogen functional groups attached to an aromatic ring is 1. The van der Waals surface area contributed by atoms with E-state index in [9.17, 15) is 4.79 Å². The van der Waals surface area contributed by atoms with Crippen LogP contribution in [-0.4, -0.2) is 18.0 Å². The van der Waals surface area contributed by atoms with E-state index in [1.807, 2.05) is 42.5 Å². The SMILES string of the molecule is CC(NC(C)(C)CNC(=O)CCc1ccccc1N)c1ccccc1.Cl.Cl. The fourth-order valence-electron chi connectivity index (χ4n) is 2.88. The van der Waals surface area contributed by atoms with Gasteiger partial charge >= 0.3 is 0 Å². The summed E-state index contributed by atoms with van der Waals surface area (Å²) in [5.41, 5.74) is 8.72. The van der Waals surface area contributed by atoms with Gasteiger partial charge in [0.05, 0.1) is 0 Å². The second kappa shape index (κ2) is 11.9. The Labute approximate surface area is 175 Å². The highest BCUT2D eigenvalue weighted by atomic mass is 35.5. The van der Waals surface area contributed by atoms with Gasteiger partial charge in [0.1, 0.15) is 0 Å². The Morgan fingerprint density at radius 1 is 1.04 bits per heavy atom. The molecule has 2 aromatic carbocycles. The Bertz CT molecular complexity index is 693. The van der Waals surface area contributed by atoms with Crippen LogP contribution in [0.4, 0.5) is 5.69 Å². The van der Waals surface area contributed by atoms with E-state index in [-0.39, 0.29) is 42.3 Å². The van der Waals surface area contributed by atoms with Gasteiger partial charge in [-0.05, 0) is 44.4 Å². The monoisotopic (exact) mass is 411 g/mol. The third-order valence-corrected chi connectivity index (χ3v) is 4.31. The third kappa shape index (κ3) is 8.65. The van der Waals surface area contributed by atoms with Crippen LogP contribution in [0, 0.1) is 0 Å². The summed E-state index contributed by atoms with van der Waals surface area (Å²) >= 11 is 0. The molecule has 0 aliphatic carbocycles. The largest absolute Gasteiger partial charge is 0.399 e. The fourth-order valence-corrected chi connectivity index (χ4v) is 2.88. The highest BCUT2D eigenvalue weighted by Crippen LogP contribution is 2.16. The topological polar surface area (TPSA) is 67.1 Å². The van der Waals surface area contributed by atoms with Crippen molar-refractivity contribution in [1.29, 1.82) is 0 Å². The number of carbonyl (C=O) groups excluding carboxylic acids is 1. The number of benzene rings is 2. The number of hydrogen-bond donors (Lipinski definition) is 3. The summed E-state index contributed by atoms with van der Waals surface area (Å²) in [6.07, 6.45) is 1.10. The standard InChI is InChI=1S/C21H29N3O.2ClH/c1-16(17-9-5-4-6-10-17)24-21(2,3)15-23-20(25)14-13-18-11-7-8-12-19(18)22;;/h4-12,16,24H,13-15,22H2,1-3H3,(H,23,25);2*1H. The number of amides is 1. The lowest BCUT2D eigenvalue weighted by atomic mass is 10.0. The van der Waals surface area contributed by atoms with E-state index in [2.05, 4.69) is 43.5 Å². The van der Waals surface area contributed by atoms with Gasteiger partial charge in [0.15, 0.2) is 0 Å². The van der Waals surface area contributed by atoms with Crippen molar-refractivity contribution in [2.24, 2.45) is 0 Å². The van der Waals surface area contributed by atoms with Crippen molar-refractivity contribution < 1.29 is 4.79 Å². The van der Waals surface area contributed by atoms with Crippen molar-refractivity contribution in [2.75, 3.05) is 12.3 Å². The van der Waals surface area contributed by atoms with E-state index in [4.69, 9.17) is 5.73 Å². The van der Waals surface area contributed by atoms with Crippen molar-refractivity contribution in [3.05, 3.63) is 65.7 Å². The molecule has 0 fully saturated rings. The molecule has 150 valence electrons. The van der Waals surface area contributed by atoms with Gasteiger partial charge in [-0.25, -0.2) is 0 Å². The summed E-state index contributed by atoms with van der Waals surface area (Å²) in [7, 11) is 0. The summed E-state index contributed by atoms with van der Waals surface area (Å²) in [6.45, 7) is 6.91. The second-order valence-corrected chi connectivity index (χ2v) is 7.14. The number of halogens is 2. The van der Waals surface area contributed by atoms with E-state index < -0.39 is 0 Å². The predicted octanol–water partition coefficient (Wildman–Crippen LogP) is 4.29. The van der Waals surface area contributed by atoms with Crippen molar-refractivity contribution in [3.8, 4) is 0 Å². The van der Waals surface area contributed by atoms with E-state index in [0.717, 1.165) is 11.3 Å². The van der Waals surface area contributed by atoms with E-state index in [1.54, 1.807) is 0 Å². The maximum absolute atomic E-state index is 12.2. The molecule has 1 amide bonds. The number of hydrogen-bond acceptors (Lipinski definition) is 3. The van der Waals surface area contributed by atoms with Gasteiger partial charge in [0, 0.05) is 30.2 Å². The van der Waals surface area contributed by atoms with Gasteiger partial charge in [-0.2, -0.15) is 0 Å². The first-order valence-corrected chi connectivity index (χ1v) is 8.80. The first kappa shape index (κ1) is 25.2. The minimum Gasteiger partial charge on any atom is -0.399 e. The molecule has 0 bridgehead atoms. The molecule has 0 aliphatic heterocycles. The minimum absolute atomic E-state index is 0. The Morgan fingerprint density at radius 3 is 2.26 bits per heavy atom. The lowest BCUT2D eigenvalue weighted by Gasteiger charge is -2.31. The Hall–Kier alpha value is -1.75. The van der Waals surface area contributed by atoms with Crippen LogP contribution in [0.3, 0.4) is 0 Å². The number of carbonyl (C=O) groups is 1. The van der Waals surface area contributed by atoms with Crippen LogP contribution in [0.5, 0.6) is 0 Å². The van der Waals surface area contributed by atoms with E-state index in [1.165, 1.54) is 5.56 Å². The van der Waals surface area contributed by atoms with E-state index in [0.29, 0.717) is 19.4 Å². The smallest absolute Gasteiger partial charge is 0.220 e.